The Kier molecular flexibility index (Phi) is 24.0. The minimum Gasteiger partial charge on any atom is -0.494 e. The van der Waals surface area contributed by atoms with E-state index in [1.54, 1.807) is 24.5 Å². The van der Waals surface area contributed by atoms with E-state index in [2.05, 4.69) is 72.4 Å². The fraction of sp³-hybridized carbons (Fsp3) is 0.424. The summed E-state index contributed by atoms with van der Waals surface area (Å²) >= 11 is 6.39. The lowest BCUT2D eigenvalue weighted by Crippen LogP contribution is -2.48. The van der Waals surface area contributed by atoms with Crippen LogP contribution in [0.2, 0.25) is 5.02 Å². The summed E-state index contributed by atoms with van der Waals surface area (Å²) in [6.07, 6.45) is 19.6. The van der Waals surface area contributed by atoms with Crippen LogP contribution in [-0.4, -0.2) is 88.6 Å². The Morgan fingerprint density at radius 3 is 1.68 bits per heavy atom. The highest BCUT2D eigenvalue weighted by Crippen LogP contribution is 2.42. The number of halogens is 1. The number of nitrogens with zero attached hydrogens (tertiary/aromatic N) is 7. The maximum Gasteiger partial charge on any atom is 0.337 e. The number of carbonyl (C=O) groups excluding carboxylic acids is 4. The summed E-state index contributed by atoms with van der Waals surface area (Å²) in [6, 6.07) is 32.9. The van der Waals surface area contributed by atoms with Crippen molar-refractivity contribution >= 4 is 46.9 Å². The van der Waals surface area contributed by atoms with E-state index >= 15 is 4.79 Å². The molecule has 84 heavy (non-hydrogen) atoms. The molecule has 1 saturated carbocycles. The largest absolute Gasteiger partial charge is 0.494 e. The normalized spacial score (nSPS) is 13.0. The second kappa shape index (κ2) is 32.4. The fourth-order valence-electron chi connectivity index (χ4n) is 11.0. The van der Waals surface area contributed by atoms with E-state index in [9.17, 15) is 14.4 Å². The highest BCUT2D eigenvalue weighted by Gasteiger charge is 2.43. The summed E-state index contributed by atoms with van der Waals surface area (Å²) in [7, 11) is 1.37. The number of aromatic nitrogens is 6. The Morgan fingerprint density at radius 2 is 1.17 bits per heavy atom. The van der Waals surface area contributed by atoms with Gasteiger partial charge >= 0.3 is 5.97 Å². The number of hydrogen-bond acceptors (Lipinski definition) is 12. The molecule has 3 amide bonds. The Morgan fingerprint density at radius 1 is 0.607 bits per heavy atom. The number of pyridine rings is 2. The molecule has 1 aliphatic carbocycles. The SMILES string of the molecule is CCCCCC(=O)Nc1cccc(CN(Cc2cc(CN(Cc3cccc(NC(=O)CCCCC)n3)Cc3ncc[nH]3)cc(OCCCCN(Cc3ccc(C(=O)OC)cc3)C(=O)C3(c4ccc(Cl)cc4)CCCCC3)c2)Cc2ncc[nH]2)n1. The fourth-order valence-corrected chi connectivity index (χ4v) is 11.2. The zero-order valence-electron chi connectivity index (χ0n) is 49.1. The molecule has 0 unspecified atom stereocenters. The number of nitrogens with one attached hydrogen (secondary N) is 4. The minimum absolute atomic E-state index is 0.0456. The summed E-state index contributed by atoms with van der Waals surface area (Å²) in [5.74, 6) is 2.94. The molecule has 0 atom stereocenters. The third-order valence-corrected chi connectivity index (χ3v) is 15.5. The maximum atomic E-state index is 15.2. The molecule has 444 valence electrons. The van der Waals surface area contributed by atoms with Crippen molar-refractivity contribution in [2.45, 2.75) is 161 Å². The van der Waals surface area contributed by atoms with Gasteiger partial charge in [0, 0.05) is 81.9 Å². The number of carbonyl (C=O) groups is 4. The summed E-state index contributed by atoms with van der Waals surface area (Å²) < 4.78 is 11.7. The van der Waals surface area contributed by atoms with Crippen LogP contribution in [0.5, 0.6) is 5.75 Å². The molecule has 1 aliphatic rings. The van der Waals surface area contributed by atoms with Crippen molar-refractivity contribution < 1.29 is 28.7 Å². The predicted octanol–water partition coefficient (Wildman–Crippen LogP) is 12.9. The number of esters is 1. The van der Waals surface area contributed by atoms with Crippen LogP contribution in [-0.2, 0) is 70.3 Å². The standard InChI is InChI=1S/C66H82ClN11O6/c1-4-6-9-21-62(79)74-58-19-15-17-55(72-58)45-76(47-60-68-33-34-69-60)42-50-39-51(43-77(48-61-70-35-36-71-61)46-56-18-16-20-59(73-56)75-63(80)22-10-7-5-2)41-57(40-50)84-38-14-13-37-78(44-49-23-25-52(26-24-49)64(81)83-3)65(82)66(31-11-8-12-32-66)53-27-29-54(67)30-28-53/h15-20,23-30,33-36,39-41H,4-14,21-22,31-32,37-38,42-48H2,1-3H3,(H,68,69)(H,70,71)(H,72,74,79)(H,73,75,80). The van der Waals surface area contributed by atoms with Gasteiger partial charge in [0.2, 0.25) is 17.7 Å². The molecular formula is C66H82ClN11O6. The van der Waals surface area contributed by atoms with Crippen LogP contribution in [0, 0.1) is 0 Å². The topological polar surface area (TPSA) is 204 Å². The number of benzene rings is 3. The quantitative estimate of drug-likeness (QED) is 0.0224. The Hall–Kier alpha value is -7.73. The van der Waals surface area contributed by atoms with Crippen LogP contribution < -0.4 is 15.4 Å². The van der Waals surface area contributed by atoms with Crippen LogP contribution in [0.3, 0.4) is 0 Å². The van der Waals surface area contributed by atoms with E-state index < -0.39 is 11.4 Å². The molecule has 17 nitrogen and oxygen atoms in total. The average Bonchev–Trinajstić information content (AvgIpc) is 4.34. The number of amides is 3. The summed E-state index contributed by atoms with van der Waals surface area (Å²) in [5, 5.41) is 6.64. The number of H-pyrrole nitrogens is 2. The van der Waals surface area contributed by atoms with E-state index in [0.717, 1.165) is 116 Å². The lowest BCUT2D eigenvalue weighted by molar-refractivity contribution is -0.139. The van der Waals surface area contributed by atoms with Crippen molar-refractivity contribution in [2.75, 3.05) is 30.9 Å². The number of aromatic amines is 2. The van der Waals surface area contributed by atoms with Gasteiger partial charge in [0.25, 0.3) is 0 Å². The highest BCUT2D eigenvalue weighted by atomic mass is 35.5. The van der Waals surface area contributed by atoms with Gasteiger partial charge in [0.1, 0.15) is 29.0 Å². The first-order valence-corrected chi connectivity index (χ1v) is 30.3. The van der Waals surface area contributed by atoms with Gasteiger partial charge in [-0.3, -0.25) is 24.2 Å². The first-order valence-electron chi connectivity index (χ1n) is 29.9. The van der Waals surface area contributed by atoms with E-state index in [4.69, 9.17) is 31.0 Å². The van der Waals surface area contributed by atoms with E-state index in [1.807, 2.05) is 90.1 Å². The third kappa shape index (κ3) is 19.2. The number of imidazole rings is 2. The molecule has 18 heteroatoms. The molecule has 4 aromatic heterocycles. The van der Waals surface area contributed by atoms with Gasteiger partial charge in [-0.1, -0.05) is 113 Å². The van der Waals surface area contributed by atoms with Gasteiger partial charge in [0.15, 0.2) is 0 Å². The molecule has 0 spiro atoms. The zero-order valence-corrected chi connectivity index (χ0v) is 49.8. The molecule has 0 saturated heterocycles. The second-order valence-electron chi connectivity index (χ2n) is 22.0. The van der Waals surface area contributed by atoms with Crippen LogP contribution in [0.15, 0.2) is 128 Å². The average molecular weight is 1160 g/mol. The third-order valence-electron chi connectivity index (χ3n) is 15.3. The van der Waals surface area contributed by atoms with Crippen LogP contribution >= 0.6 is 11.6 Å². The summed E-state index contributed by atoms with van der Waals surface area (Å²) in [6.45, 7) is 8.45. The van der Waals surface area contributed by atoms with Crippen molar-refractivity contribution in [1.82, 2.24) is 44.6 Å². The first-order chi connectivity index (χ1) is 41.0. The monoisotopic (exact) mass is 1160 g/mol. The molecular weight excluding hydrogens is 1080 g/mol. The van der Waals surface area contributed by atoms with Gasteiger partial charge in [-0.05, 0) is 121 Å². The Labute approximate surface area is 499 Å². The zero-order chi connectivity index (χ0) is 58.9. The molecule has 3 aromatic carbocycles. The minimum atomic E-state index is -0.677. The smallest absolute Gasteiger partial charge is 0.337 e. The molecule has 4 heterocycles. The predicted molar refractivity (Wildman–Crippen MR) is 328 cm³/mol. The lowest BCUT2D eigenvalue weighted by atomic mass is 9.68. The molecule has 7 aromatic rings. The highest BCUT2D eigenvalue weighted by molar-refractivity contribution is 6.30. The molecule has 0 radical (unpaired) electrons. The van der Waals surface area contributed by atoms with Gasteiger partial charge in [-0.2, -0.15) is 0 Å². The number of hydrogen-bond donors (Lipinski definition) is 4. The summed E-state index contributed by atoms with van der Waals surface area (Å²) in [5.41, 5.74) is 5.29. The van der Waals surface area contributed by atoms with Crippen molar-refractivity contribution in [3.8, 4) is 5.75 Å². The molecule has 0 aliphatic heterocycles. The number of anilines is 2. The van der Waals surface area contributed by atoms with Gasteiger partial charge < -0.3 is 35.0 Å². The number of methoxy groups -OCH3 is 1. The van der Waals surface area contributed by atoms with Crippen LogP contribution in [0.4, 0.5) is 11.6 Å². The van der Waals surface area contributed by atoms with Crippen LogP contribution in [0.1, 0.15) is 166 Å². The first kappa shape index (κ1) is 62.3. The Balaban J connectivity index is 1.05. The van der Waals surface area contributed by atoms with Crippen molar-refractivity contribution in [3.63, 3.8) is 0 Å². The molecule has 0 bridgehead atoms. The molecule has 8 rings (SSSR count). The van der Waals surface area contributed by atoms with E-state index in [0.29, 0.717) is 113 Å². The maximum absolute atomic E-state index is 15.2. The molecule has 4 N–H and O–H groups in total. The molecule has 1 fully saturated rings. The number of ether oxygens (including phenoxy) is 2. The number of rotatable bonds is 33. The second-order valence-corrected chi connectivity index (χ2v) is 22.4. The van der Waals surface area contributed by atoms with Gasteiger partial charge in [0.05, 0.1) is 49.2 Å². The van der Waals surface area contributed by atoms with Gasteiger partial charge in [-0.15, -0.1) is 0 Å². The van der Waals surface area contributed by atoms with Crippen molar-refractivity contribution in [1.29, 1.82) is 0 Å². The van der Waals surface area contributed by atoms with Crippen molar-refractivity contribution in [3.05, 3.63) is 184 Å². The van der Waals surface area contributed by atoms with E-state index in [1.165, 1.54) is 7.11 Å². The van der Waals surface area contributed by atoms with Gasteiger partial charge in [-0.25, -0.2) is 24.7 Å². The number of unbranched alkanes of at least 4 members (excludes halogenated alkanes) is 5. The van der Waals surface area contributed by atoms with E-state index in [-0.39, 0.29) is 17.7 Å². The lowest BCUT2D eigenvalue weighted by Gasteiger charge is -2.40. The van der Waals surface area contributed by atoms with Crippen LogP contribution in [0.25, 0.3) is 0 Å². The summed E-state index contributed by atoms with van der Waals surface area (Å²) in [4.78, 5) is 85.3. The van der Waals surface area contributed by atoms with Crippen molar-refractivity contribution in [2.24, 2.45) is 0 Å². The Bertz CT molecular complexity index is 3020.